The van der Waals surface area contributed by atoms with Crippen LogP contribution >= 0.6 is 11.3 Å². The smallest absolute Gasteiger partial charge is 0.384 e. The summed E-state index contributed by atoms with van der Waals surface area (Å²) in [4.78, 5) is 11.8. The lowest BCUT2D eigenvalue weighted by atomic mass is 10.3. The molecule has 0 aliphatic rings. The highest BCUT2D eigenvalue weighted by atomic mass is 32.1. The maximum Gasteiger partial charge on any atom is 0.384 e. The van der Waals surface area contributed by atoms with Crippen LogP contribution in [0.4, 0.5) is 0 Å². The molecule has 1 aromatic heterocycles. The summed E-state index contributed by atoms with van der Waals surface area (Å²) in [6.45, 7) is 1.99. The average molecular weight is 180 g/mol. The number of esters is 1. The molecule has 0 unspecified atom stereocenters. The second kappa shape index (κ2) is 3.93. The highest BCUT2D eigenvalue weighted by Gasteiger charge is 1.92. The molecule has 1 heterocycles. The number of thiophene rings is 1. The number of carbonyl (C=O) groups excluding carboxylic acids is 1. The molecule has 0 aliphatic carbocycles. The standard InChI is InChI=1S/C9H8O2S/c1-7-5-8(6-12-7)3-4-9(10)11-2/h5-6H,1-2H3. The van der Waals surface area contributed by atoms with E-state index in [2.05, 4.69) is 16.6 Å². The molecule has 0 saturated carbocycles. The average Bonchev–Trinajstić information content (AvgIpc) is 2.47. The molecule has 0 radical (unpaired) electrons. The van der Waals surface area contributed by atoms with Crippen LogP contribution in [0.25, 0.3) is 0 Å². The molecule has 2 nitrogen and oxygen atoms in total. The van der Waals surface area contributed by atoms with Crippen LogP contribution in [-0.4, -0.2) is 13.1 Å². The predicted octanol–water partition coefficient (Wildman–Crippen LogP) is 1.58. The minimum Gasteiger partial charge on any atom is -0.459 e. The maximum atomic E-state index is 10.6. The molecular formula is C9H8O2S. The van der Waals surface area contributed by atoms with Crippen LogP contribution in [0.15, 0.2) is 11.4 Å². The topological polar surface area (TPSA) is 26.3 Å². The van der Waals surface area contributed by atoms with Crippen molar-refractivity contribution in [2.24, 2.45) is 0 Å². The van der Waals surface area contributed by atoms with Gasteiger partial charge >= 0.3 is 5.97 Å². The zero-order chi connectivity index (χ0) is 8.97. The van der Waals surface area contributed by atoms with Gasteiger partial charge in [-0.25, -0.2) is 4.79 Å². The SMILES string of the molecule is COC(=O)C#Cc1csc(C)c1. The quantitative estimate of drug-likeness (QED) is 0.447. The van der Waals surface area contributed by atoms with Crippen LogP contribution in [-0.2, 0) is 9.53 Å². The van der Waals surface area contributed by atoms with Crippen LogP contribution in [0, 0.1) is 18.8 Å². The van der Waals surface area contributed by atoms with Crippen LogP contribution in [0.3, 0.4) is 0 Å². The van der Waals surface area contributed by atoms with E-state index in [4.69, 9.17) is 0 Å². The molecule has 1 aromatic rings. The Morgan fingerprint density at radius 2 is 2.42 bits per heavy atom. The molecule has 0 fully saturated rings. The highest BCUT2D eigenvalue weighted by molar-refractivity contribution is 7.10. The van der Waals surface area contributed by atoms with E-state index in [1.165, 1.54) is 12.0 Å². The summed E-state index contributed by atoms with van der Waals surface area (Å²) in [5.41, 5.74) is 0.864. The van der Waals surface area contributed by atoms with Gasteiger partial charge in [-0.1, -0.05) is 5.92 Å². The van der Waals surface area contributed by atoms with Gasteiger partial charge in [0.1, 0.15) is 0 Å². The molecule has 0 atom stereocenters. The molecule has 0 spiro atoms. The van der Waals surface area contributed by atoms with Crippen LogP contribution in [0.1, 0.15) is 10.4 Å². The number of methoxy groups -OCH3 is 1. The number of hydrogen-bond acceptors (Lipinski definition) is 3. The first-order valence-corrected chi connectivity index (χ1v) is 4.25. The van der Waals surface area contributed by atoms with Crippen molar-refractivity contribution < 1.29 is 9.53 Å². The summed E-state index contributed by atoms with van der Waals surface area (Å²) in [7, 11) is 1.32. The molecule has 0 amide bonds. The van der Waals surface area contributed by atoms with Gasteiger partial charge in [-0.15, -0.1) is 11.3 Å². The lowest BCUT2D eigenvalue weighted by Gasteiger charge is -1.83. The van der Waals surface area contributed by atoms with Gasteiger partial charge in [0.15, 0.2) is 0 Å². The Bertz CT molecular complexity index is 341. The summed E-state index contributed by atoms with van der Waals surface area (Å²) < 4.78 is 4.37. The van der Waals surface area contributed by atoms with E-state index < -0.39 is 5.97 Å². The van der Waals surface area contributed by atoms with E-state index in [-0.39, 0.29) is 0 Å². The van der Waals surface area contributed by atoms with E-state index in [9.17, 15) is 4.79 Å². The van der Waals surface area contributed by atoms with Gasteiger partial charge in [0, 0.05) is 21.7 Å². The van der Waals surface area contributed by atoms with E-state index >= 15 is 0 Å². The Morgan fingerprint density at radius 3 is 2.92 bits per heavy atom. The fourth-order valence-electron chi connectivity index (χ4n) is 0.683. The third-order valence-corrected chi connectivity index (χ3v) is 2.09. The van der Waals surface area contributed by atoms with Crippen LogP contribution < -0.4 is 0 Å². The lowest BCUT2D eigenvalue weighted by Crippen LogP contribution is -1.94. The van der Waals surface area contributed by atoms with Crippen molar-refractivity contribution in [3.05, 3.63) is 21.9 Å². The number of hydrogen-bond donors (Lipinski definition) is 0. The van der Waals surface area contributed by atoms with E-state index in [0.29, 0.717) is 0 Å². The Morgan fingerprint density at radius 1 is 1.67 bits per heavy atom. The van der Waals surface area contributed by atoms with Gasteiger partial charge < -0.3 is 4.74 Å². The molecular weight excluding hydrogens is 172 g/mol. The van der Waals surface area contributed by atoms with Gasteiger partial charge in [0.2, 0.25) is 0 Å². The van der Waals surface area contributed by atoms with Gasteiger partial charge in [0.05, 0.1) is 7.11 Å². The van der Waals surface area contributed by atoms with Crippen molar-refractivity contribution in [2.75, 3.05) is 7.11 Å². The maximum absolute atomic E-state index is 10.6. The highest BCUT2D eigenvalue weighted by Crippen LogP contribution is 2.11. The Labute approximate surface area is 75.2 Å². The molecule has 62 valence electrons. The van der Waals surface area contributed by atoms with Crippen molar-refractivity contribution in [3.8, 4) is 11.8 Å². The normalized spacial score (nSPS) is 8.50. The minimum absolute atomic E-state index is 0.501. The number of rotatable bonds is 0. The Kier molecular flexibility index (Phi) is 2.89. The van der Waals surface area contributed by atoms with Crippen molar-refractivity contribution in [1.82, 2.24) is 0 Å². The summed E-state index contributed by atoms with van der Waals surface area (Å²) >= 11 is 1.61. The molecule has 12 heavy (non-hydrogen) atoms. The lowest BCUT2D eigenvalue weighted by molar-refractivity contribution is -0.133. The Balaban J connectivity index is 2.73. The van der Waals surface area contributed by atoms with Crippen molar-refractivity contribution in [3.63, 3.8) is 0 Å². The van der Waals surface area contributed by atoms with Gasteiger partial charge in [-0.2, -0.15) is 0 Å². The molecule has 0 aliphatic heterocycles. The third kappa shape index (κ3) is 2.40. The van der Waals surface area contributed by atoms with E-state index in [1.807, 2.05) is 18.4 Å². The van der Waals surface area contributed by atoms with Crippen molar-refractivity contribution in [2.45, 2.75) is 6.92 Å². The molecule has 3 heteroatoms. The van der Waals surface area contributed by atoms with Gasteiger partial charge in [0.25, 0.3) is 0 Å². The zero-order valence-electron chi connectivity index (χ0n) is 6.88. The minimum atomic E-state index is -0.501. The fraction of sp³-hybridized carbons (Fsp3) is 0.222. The summed E-state index contributed by atoms with van der Waals surface area (Å²) in [6.07, 6.45) is 0. The molecule has 1 rings (SSSR count). The zero-order valence-corrected chi connectivity index (χ0v) is 7.70. The number of ether oxygens (including phenoxy) is 1. The molecule has 0 saturated heterocycles. The van der Waals surface area contributed by atoms with Crippen LogP contribution in [0.5, 0.6) is 0 Å². The third-order valence-electron chi connectivity index (χ3n) is 1.22. The first kappa shape index (κ1) is 8.82. The second-order valence-corrected chi connectivity index (χ2v) is 3.30. The van der Waals surface area contributed by atoms with Crippen molar-refractivity contribution >= 4 is 17.3 Å². The Hall–Kier alpha value is -1.27. The van der Waals surface area contributed by atoms with E-state index in [0.717, 1.165) is 5.56 Å². The first-order chi connectivity index (χ1) is 5.72. The second-order valence-electron chi connectivity index (χ2n) is 2.19. The summed E-state index contributed by atoms with van der Waals surface area (Å²) in [6, 6.07) is 1.93. The molecule has 0 N–H and O–H groups in total. The summed E-state index contributed by atoms with van der Waals surface area (Å²) in [5, 5.41) is 1.91. The van der Waals surface area contributed by atoms with Gasteiger partial charge in [-0.05, 0) is 13.0 Å². The summed E-state index contributed by atoms with van der Waals surface area (Å²) in [5.74, 6) is 4.56. The first-order valence-electron chi connectivity index (χ1n) is 3.37. The largest absolute Gasteiger partial charge is 0.459 e. The number of carbonyl (C=O) groups is 1. The van der Waals surface area contributed by atoms with Crippen molar-refractivity contribution in [1.29, 1.82) is 0 Å². The van der Waals surface area contributed by atoms with Crippen LogP contribution in [0.2, 0.25) is 0 Å². The van der Waals surface area contributed by atoms with Gasteiger partial charge in [-0.3, -0.25) is 0 Å². The fourth-order valence-corrected chi connectivity index (χ4v) is 1.32. The molecule has 0 aromatic carbocycles. The monoisotopic (exact) mass is 180 g/mol. The van der Waals surface area contributed by atoms with E-state index in [1.54, 1.807) is 11.3 Å². The molecule has 0 bridgehead atoms. The number of aryl methyl sites for hydroxylation is 1. The predicted molar refractivity (Wildman–Crippen MR) is 48.0 cm³/mol.